The lowest BCUT2D eigenvalue weighted by Crippen LogP contribution is -2.11. The zero-order chi connectivity index (χ0) is 32.5. The molecule has 0 radical (unpaired) electrons. The molecule has 0 spiro atoms. The fourth-order valence-electron chi connectivity index (χ4n) is 5.73. The van der Waals surface area contributed by atoms with Crippen LogP contribution in [0.1, 0.15) is 94.6 Å². The number of allylic oxidation sites excluding steroid dienone is 1. The second kappa shape index (κ2) is 19.2. The predicted octanol–water partition coefficient (Wildman–Crippen LogP) is 10.2. The molecule has 7 heteroatoms. The van der Waals surface area contributed by atoms with Crippen molar-refractivity contribution in [3.8, 4) is 11.5 Å². The third-order valence-electron chi connectivity index (χ3n) is 8.44. The molecule has 0 bridgehead atoms. The van der Waals surface area contributed by atoms with Gasteiger partial charge in [-0.05, 0) is 61.2 Å². The number of methoxy groups -OCH3 is 2. The van der Waals surface area contributed by atoms with Gasteiger partial charge in [0, 0.05) is 29.8 Å². The molecule has 6 nitrogen and oxygen atoms in total. The summed E-state index contributed by atoms with van der Waals surface area (Å²) in [7, 11) is -0.652. The van der Waals surface area contributed by atoms with Gasteiger partial charge in [0.05, 0.1) is 31.2 Å². The van der Waals surface area contributed by atoms with Gasteiger partial charge in [-0.25, -0.2) is 12.4 Å². The summed E-state index contributed by atoms with van der Waals surface area (Å²) in [6.07, 6.45) is 22.3. The number of fused-ring (bicyclic) bond motifs is 1. The summed E-state index contributed by atoms with van der Waals surface area (Å²) in [4.78, 5) is 0.208. The highest BCUT2D eigenvalue weighted by atomic mass is 32.2. The lowest BCUT2D eigenvalue weighted by molar-refractivity contribution is 0.116. The molecule has 0 atom stereocenters. The number of rotatable bonds is 22. The molecular formula is C39H51NO5S. The lowest BCUT2D eigenvalue weighted by Gasteiger charge is -2.09. The Balaban J connectivity index is 1.10. The van der Waals surface area contributed by atoms with Crippen LogP contribution in [0.2, 0.25) is 0 Å². The maximum atomic E-state index is 13.6. The van der Waals surface area contributed by atoms with Crippen molar-refractivity contribution in [1.82, 2.24) is 3.97 Å². The van der Waals surface area contributed by atoms with Gasteiger partial charge in [0.1, 0.15) is 11.5 Å². The molecule has 1 aromatic heterocycles. The van der Waals surface area contributed by atoms with Gasteiger partial charge in [-0.15, -0.1) is 0 Å². The van der Waals surface area contributed by atoms with E-state index >= 15 is 0 Å². The van der Waals surface area contributed by atoms with E-state index in [1.807, 2.05) is 24.3 Å². The second-order valence-electron chi connectivity index (χ2n) is 11.9. The molecule has 0 aliphatic rings. The van der Waals surface area contributed by atoms with Crippen molar-refractivity contribution in [1.29, 1.82) is 0 Å². The van der Waals surface area contributed by atoms with Gasteiger partial charge < -0.3 is 14.2 Å². The molecule has 4 aromatic rings. The minimum Gasteiger partial charge on any atom is -0.497 e. The predicted molar refractivity (Wildman–Crippen MR) is 189 cm³/mol. The number of ether oxygens (including phenoxy) is 3. The number of benzene rings is 3. The first-order chi connectivity index (χ1) is 22.5. The highest BCUT2D eigenvalue weighted by Gasteiger charge is 2.21. The van der Waals surface area contributed by atoms with E-state index in [4.69, 9.17) is 14.2 Å². The quantitative estimate of drug-likeness (QED) is 0.0796. The molecular weight excluding hydrogens is 594 g/mol. The largest absolute Gasteiger partial charge is 0.497 e. The Morgan fingerprint density at radius 2 is 1.26 bits per heavy atom. The van der Waals surface area contributed by atoms with Crippen molar-refractivity contribution in [3.05, 3.63) is 96.2 Å². The normalized spacial score (nSPS) is 11.9. The Morgan fingerprint density at radius 3 is 1.89 bits per heavy atom. The number of hydrogen-bond acceptors (Lipinski definition) is 5. The van der Waals surface area contributed by atoms with Crippen molar-refractivity contribution < 1.29 is 22.6 Å². The highest BCUT2D eigenvalue weighted by molar-refractivity contribution is 7.90. The SMILES string of the molecule is COc1ccc(S(=O)(=O)n2cc(/C=C\CCCCCCCCCCCCCCOCc3ccccc3)c3ccc(OC)cc32)cc1. The minimum absolute atomic E-state index is 0.208. The molecule has 0 fully saturated rings. The van der Waals surface area contributed by atoms with Gasteiger partial charge in [-0.1, -0.05) is 107 Å². The third kappa shape index (κ3) is 10.8. The van der Waals surface area contributed by atoms with E-state index in [-0.39, 0.29) is 4.90 Å². The van der Waals surface area contributed by atoms with Gasteiger partial charge >= 0.3 is 0 Å². The molecule has 3 aromatic carbocycles. The molecule has 4 rings (SSSR count). The lowest BCUT2D eigenvalue weighted by atomic mass is 10.0. The van der Waals surface area contributed by atoms with Crippen LogP contribution >= 0.6 is 0 Å². The van der Waals surface area contributed by atoms with Crippen molar-refractivity contribution in [3.63, 3.8) is 0 Å². The van der Waals surface area contributed by atoms with Gasteiger partial charge in [-0.2, -0.15) is 0 Å². The maximum Gasteiger partial charge on any atom is 0.268 e. The van der Waals surface area contributed by atoms with Crippen LogP contribution in [0.25, 0.3) is 17.0 Å². The maximum absolute atomic E-state index is 13.6. The molecule has 0 aliphatic carbocycles. The van der Waals surface area contributed by atoms with Crippen LogP contribution in [-0.2, 0) is 21.4 Å². The number of nitrogens with zero attached hydrogens (tertiary/aromatic N) is 1. The molecule has 0 aliphatic heterocycles. The van der Waals surface area contributed by atoms with Crippen molar-refractivity contribution >= 4 is 27.0 Å². The number of unbranched alkanes of at least 4 members (excludes halogenated alkanes) is 12. The van der Waals surface area contributed by atoms with Gasteiger partial charge in [0.25, 0.3) is 10.0 Å². The Bertz CT molecular complexity index is 1580. The first kappa shape index (κ1) is 35.3. The zero-order valence-corrected chi connectivity index (χ0v) is 28.5. The van der Waals surface area contributed by atoms with Crippen molar-refractivity contribution in [2.75, 3.05) is 20.8 Å². The topological polar surface area (TPSA) is 66.8 Å². The first-order valence-electron chi connectivity index (χ1n) is 16.9. The van der Waals surface area contributed by atoms with E-state index in [0.29, 0.717) is 17.0 Å². The standard InChI is InChI=1S/C39H51NO5S/c1-43-35-23-26-37(27-24-35)46(41,42)40-31-34(38-28-25-36(44-2)30-39(38)40)22-18-13-11-9-7-5-3-4-6-8-10-12-14-19-29-45-32-33-20-16-15-17-21-33/h15-18,20-28,30-31H,3-14,19,29,32H2,1-2H3/b22-18-. The van der Waals surface area contributed by atoms with E-state index in [1.54, 1.807) is 50.7 Å². The molecule has 0 unspecified atom stereocenters. The van der Waals surface area contributed by atoms with Crippen LogP contribution in [0, 0.1) is 0 Å². The van der Waals surface area contributed by atoms with E-state index < -0.39 is 10.0 Å². The Kier molecular flexibility index (Phi) is 14.7. The second-order valence-corrected chi connectivity index (χ2v) is 13.7. The summed E-state index contributed by atoms with van der Waals surface area (Å²) in [5.74, 6) is 1.23. The van der Waals surface area contributed by atoms with Crippen molar-refractivity contribution in [2.24, 2.45) is 0 Å². The number of hydrogen-bond donors (Lipinski definition) is 0. The fraction of sp³-hybridized carbons (Fsp3) is 0.436. The van der Waals surface area contributed by atoms with E-state index in [0.717, 1.165) is 43.4 Å². The molecule has 1 heterocycles. The van der Waals surface area contributed by atoms with Crippen LogP contribution in [-0.4, -0.2) is 33.2 Å². The van der Waals surface area contributed by atoms with Gasteiger partial charge in [0.15, 0.2) is 0 Å². The third-order valence-corrected chi connectivity index (χ3v) is 10.1. The Morgan fingerprint density at radius 1 is 0.674 bits per heavy atom. The summed E-state index contributed by atoms with van der Waals surface area (Å²) < 4.78 is 44.9. The molecule has 46 heavy (non-hydrogen) atoms. The molecule has 0 amide bonds. The van der Waals surface area contributed by atoms with E-state index in [1.165, 1.54) is 73.7 Å². The zero-order valence-electron chi connectivity index (χ0n) is 27.7. The average molecular weight is 646 g/mol. The fourth-order valence-corrected chi connectivity index (χ4v) is 7.10. The van der Waals surface area contributed by atoms with E-state index in [9.17, 15) is 8.42 Å². The Labute approximate surface area is 276 Å². The van der Waals surface area contributed by atoms with Crippen LogP contribution in [0.15, 0.2) is 90.0 Å². The molecule has 0 N–H and O–H groups in total. The molecule has 0 saturated carbocycles. The van der Waals surface area contributed by atoms with Gasteiger partial charge in [-0.3, -0.25) is 0 Å². The van der Waals surface area contributed by atoms with Crippen LogP contribution in [0.4, 0.5) is 0 Å². The molecule has 248 valence electrons. The van der Waals surface area contributed by atoms with Crippen LogP contribution < -0.4 is 9.47 Å². The highest BCUT2D eigenvalue weighted by Crippen LogP contribution is 2.30. The van der Waals surface area contributed by atoms with Gasteiger partial charge in [0.2, 0.25) is 0 Å². The summed E-state index contributed by atoms with van der Waals surface area (Å²) >= 11 is 0. The summed E-state index contributed by atoms with van der Waals surface area (Å²) in [6.45, 7) is 1.58. The average Bonchev–Trinajstić information content (AvgIpc) is 3.46. The molecule has 0 saturated heterocycles. The summed E-state index contributed by atoms with van der Waals surface area (Å²) in [5.41, 5.74) is 2.73. The number of aromatic nitrogens is 1. The minimum atomic E-state index is -3.80. The van der Waals surface area contributed by atoms with Crippen molar-refractivity contribution in [2.45, 2.75) is 95.0 Å². The summed E-state index contributed by atoms with van der Waals surface area (Å²) in [6, 6.07) is 22.4. The monoisotopic (exact) mass is 645 g/mol. The smallest absolute Gasteiger partial charge is 0.268 e. The van der Waals surface area contributed by atoms with E-state index in [2.05, 4.69) is 30.3 Å². The first-order valence-corrected chi connectivity index (χ1v) is 18.3. The summed E-state index contributed by atoms with van der Waals surface area (Å²) in [5, 5.41) is 0.877. The van der Waals surface area contributed by atoms with Crippen LogP contribution in [0.5, 0.6) is 11.5 Å². The Hall–Kier alpha value is -3.55. The van der Waals surface area contributed by atoms with Crippen LogP contribution in [0.3, 0.4) is 0 Å².